The molecule has 5 heteroatoms. The fourth-order valence-corrected chi connectivity index (χ4v) is 3.04. The van der Waals surface area contributed by atoms with E-state index in [9.17, 15) is 0 Å². The first-order chi connectivity index (χ1) is 10.6. The maximum atomic E-state index is 5.78. The maximum Gasteiger partial charge on any atom is 0.191 e. The van der Waals surface area contributed by atoms with Gasteiger partial charge in [-0.1, -0.05) is 13.8 Å². The van der Waals surface area contributed by atoms with E-state index in [2.05, 4.69) is 62.4 Å². The highest BCUT2D eigenvalue weighted by atomic mass is 32.1. The van der Waals surface area contributed by atoms with Crippen LogP contribution in [-0.4, -0.2) is 31.8 Å². The molecule has 0 amide bonds. The molecule has 0 aromatic carbocycles. The summed E-state index contributed by atoms with van der Waals surface area (Å²) in [5.41, 5.74) is 0. The molecule has 1 unspecified atom stereocenters. The molecule has 0 aliphatic heterocycles. The second-order valence-corrected chi connectivity index (χ2v) is 7.03. The highest BCUT2D eigenvalue weighted by Gasteiger charge is 2.12. The van der Waals surface area contributed by atoms with Gasteiger partial charge in [0.1, 0.15) is 0 Å². The normalized spacial score (nSPS) is 13.5. The summed E-state index contributed by atoms with van der Waals surface area (Å²) >= 11 is 1.80. The van der Waals surface area contributed by atoms with E-state index in [4.69, 9.17) is 4.74 Å². The first kappa shape index (κ1) is 19.0. The average molecular weight is 326 g/mol. The molecule has 4 nitrogen and oxygen atoms in total. The second-order valence-electron chi connectivity index (χ2n) is 5.66. The second kappa shape index (κ2) is 10.6. The van der Waals surface area contributed by atoms with E-state index in [1.165, 1.54) is 9.75 Å². The average Bonchev–Trinajstić information content (AvgIpc) is 2.89. The third-order valence-electron chi connectivity index (χ3n) is 3.38. The van der Waals surface area contributed by atoms with Gasteiger partial charge in [-0.15, -0.1) is 11.3 Å². The number of aliphatic imine (C=N–C) groups is 1. The molecule has 0 saturated heterocycles. The molecule has 126 valence electrons. The zero-order valence-corrected chi connectivity index (χ0v) is 15.4. The summed E-state index contributed by atoms with van der Waals surface area (Å²) in [5, 5.41) is 6.70. The van der Waals surface area contributed by atoms with Crippen molar-refractivity contribution in [3.8, 4) is 0 Å². The van der Waals surface area contributed by atoms with Crippen LogP contribution in [0.2, 0.25) is 0 Å². The number of ether oxygens (including phenoxy) is 1. The Hall–Kier alpha value is -1.07. The summed E-state index contributed by atoms with van der Waals surface area (Å²) < 4.78 is 5.78. The minimum absolute atomic E-state index is 0.306. The lowest BCUT2D eigenvalue weighted by molar-refractivity contribution is 0.0258. The molecule has 0 bridgehead atoms. The minimum Gasteiger partial charge on any atom is -0.378 e. The molecule has 1 aromatic rings. The van der Waals surface area contributed by atoms with Crippen LogP contribution in [0.4, 0.5) is 0 Å². The van der Waals surface area contributed by atoms with Gasteiger partial charge in [0.15, 0.2) is 5.96 Å². The van der Waals surface area contributed by atoms with E-state index in [1.54, 1.807) is 11.3 Å². The third-order valence-corrected chi connectivity index (χ3v) is 4.36. The Morgan fingerprint density at radius 1 is 1.27 bits per heavy atom. The number of aryl methyl sites for hydroxylation is 1. The predicted molar refractivity (Wildman–Crippen MR) is 96.7 cm³/mol. The Morgan fingerprint density at radius 2 is 2.05 bits per heavy atom. The zero-order valence-electron chi connectivity index (χ0n) is 14.6. The first-order valence-corrected chi connectivity index (χ1v) is 9.07. The summed E-state index contributed by atoms with van der Waals surface area (Å²) in [4.78, 5) is 7.28. The lowest BCUT2D eigenvalue weighted by Gasteiger charge is -2.21. The van der Waals surface area contributed by atoms with Crippen molar-refractivity contribution in [3.05, 3.63) is 21.9 Å². The third kappa shape index (κ3) is 7.27. The lowest BCUT2D eigenvalue weighted by Crippen LogP contribution is -2.39. The summed E-state index contributed by atoms with van der Waals surface area (Å²) in [7, 11) is 0. The highest BCUT2D eigenvalue weighted by Crippen LogP contribution is 2.15. The molecule has 0 saturated carbocycles. The molecule has 1 atom stereocenters. The standard InChI is InChI=1S/C17H31N3OS/c1-6-18-17(20-12-15-9-8-14(5)22-15)19-11-10-16(13(3)4)21-7-2/h8-9,13,16H,6-7,10-12H2,1-5H3,(H2,18,19,20). The topological polar surface area (TPSA) is 45.7 Å². The SMILES string of the molecule is CCNC(=NCc1ccc(C)s1)NCCC(OCC)C(C)C. The number of hydrogen-bond donors (Lipinski definition) is 2. The molecule has 0 spiro atoms. The van der Waals surface area contributed by atoms with Crippen LogP contribution in [0.1, 0.15) is 43.9 Å². The number of guanidine groups is 1. The molecule has 2 N–H and O–H groups in total. The van der Waals surface area contributed by atoms with Crippen molar-refractivity contribution in [2.75, 3.05) is 19.7 Å². The van der Waals surface area contributed by atoms with Gasteiger partial charge < -0.3 is 15.4 Å². The van der Waals surface area contributed by atoms with Gasteiger partial charge >= 0.3 is 0 Å². The number of rotatable bonds is 9. The molecule has 1 heterocycles. The minimum atomic E-state index is 0.306. The molecule has 22 heavy (non-hydrogen) atoms. The van der Waals surface area contributed by atoms with Gasteiger partial charge in [0.25, 0.3) is 0 Å². The summed E-state index contributed by atoms with van der Waals surface area (Å²) in [6, 6.07) is 4.29. The van der Waals surface area contributed by atoms with Crippen molar-refractivity contribution in [2.45, 2.75) is 53.7 Å². The Kier molecular flexibility index (Phi) is 9.16. The smallest absolute Gasteiger partial charge is 0.191 e. The quantitative estimate of drug-likeness (QED) is 0.539. The summed E-state index contributed by atoms with van der Waals surface area (Å²) in [6.45, 7) is 13.9. The van der Waals surface area contributed by atoms with Crippen LogP contribution in [-0.2, 0) is 11.3 Å². The Bertz CT molecular complexity index is 443. The molecule has 0 radical (unpaired) electrons. The number of thiophene rings is 1. The van der Waals surface area contributed by atoms with Gasteiger partial charge in [0.2, 0.25) is 0 Å². The van der Waals surface area contributed by atoms with Crippen molar-refractivity contribution in [2.24, 2.45) is 10.9 Å². The monoisotopic (exact) mass is 325 g/mol. The van der Waals surface area contributed by atoms with E-state index >= 15 is 0 Å². The van der Waals surface area contributed by atoms with Gasteiger partial charge in [-0.05, 0) is 45.2 Å². The van der Waals surface area contributed by atoms with Gasteiger partial charge in [-0.3, -0.25) is 0 Å². The van der Waals surface area contributed by atoms with Crippen LogP contribution in [0, 0.1) is 12.8 Å². The van der Waals surface area contributed by atoms with E-state index in [-0.39, 0.29) is 0 Å². The largest absolute Gasteiger partial charge is 0.378 e. The van der Waals surface area contributed by atoms with Crippen LogP contribution in [0.3, 0.4) is 0 Å². The van der Waals surface area contributed by atoms with E-state index < -0.39 is 0 Å². The molecule has 0 aliphatic carbocycles. The molecule has 0 aliphatic rings. The van der Waals surface area contributed by atoms with Crippen LogP contribution in [0.5, 0.6) is 0 Å². The van der Waals surface area contributed by atoms with Gasteiger partial charge in [0.05, 0.1) is 12.6 Å². The van der Waals surface area contributed by atoms with E-state index in [0.717, 1.165) is 38.6 Å². The van der Waals surface area contributed by atoms with Crippen molar-refractivity contribution in [1.29, 1.82) is 0 Å². The van der Waals surface area contributed by atoms with Crippen molar-refractivity contribution >= 4 is 17.3 Å². The van der Waals surface area contributed by atoms with Gasteiger partial charge in [-0.2, -0.15) is 0 Å². The zero-order chi connectivity index (χ0) is 16.4. The van der Waals surface area contributed by atoms with Crippen LogP contribution >= 0.6 is 11.3 Å². The molecular weight excluding hydrogens is 294 g/mol. The number of hydrogen-bond acceptors (Lipinski definition) is 3. The van der Waals surface area contributed by atoms with Crippen molar-refractivity contribution in [3.63, 3.8) is 0 Å². The number of nitrogens with one attached hydrogen (secondary N) is 2. The van der Waals surface area contributed by atoms with E-state index in [0.29, 0.717) is 12.0 Å². The first-order valence-electron chi connectivity index (χ1n) is 8.25. The van der Waals surface area contributed by atoms with E-state index in [1.807, 2.05) is 0 Å². The van der Waals surface area contributed by atoms with Crippen LogP contribution in [0.15, 0.2) is 17.1 Å². The van der Waals surface area contributed by atoms with Gasteiger partial charge in [0, 0.05) is 29.5 Å². The molecule has 0 fully saturated rings. The Balaban J connectivity index is 2.45. The van der Waals surface area contributed by atoms with Crippen molar-refractivity contribution < 1.29 is 4.74 Å². The van der Waals surface area contributed by atoms with Crippen molar-refractivity contribution in [1.82, 2.24) is 10.6 Å². The summed E-state index contributed by atoms with van der Waals surface area (Å²) in [5.74, 6) is 1.42. The fourth-order valence-electron chi connectivity index (χ4n) is 2.22. The van der Waals surface area contributed by atoms with Gasteiger partial charge in [-0.25, -0.2) is 4.99 Å². The number of nitrogens with zero attached hydrogens (tertiary/aromatic N) is 1. The lowest BCUT2D eigenvalue weighted by atomic mass is 10.0. The maximum absolute atomic E-state index is 5.78. The fraction of sp³-hybridized carbons (Fsp3) is 0.706. The molecule has 1 rings (SSSR count). The highest BCUT2D eigenvalue weighted by molar-refractivity contribution is 7.11. The predicted octanol–water partition coefficient (Wildman–Crippen LogP) is 3.56. The molecular formula is C17H31N3OS. The van der Waals surface area contributed by atoms with Crippen LogP contribution < -0.4 is 10.6 Å². The van der Waals surface area contributed by atoms with Crippen LogP contribution in [0.25, 0.3) is 0 Å². The molecule has 1 aromatic heterocycles. The summed E-state index contributed by atoms with van der Waals surface area (Å²) in [6.07, 6.45) is 1.30. The Labute approximate surface area is 139 Å². The Morgan fingerprint density at radius 3 is 2.59 bits per heavy atom.